The number of ketones is 1. The predicted molar refractivity (Wildman–Crippen MR) is 235 cm³/mol. The molecule has 4 aromatic carbocycles. The van der Waals surface area contributed by atoms with Crippen molar-refractivity contribution in [3.63, 3.8) is 0 Å². The molecule has 66 heavy (non-hydrogen) atoms. The number of esters is 4. The van der Waals surface area contributed by atoms with E-state index < -0.39 is 113 Å². The molecule has 1 saturated heterocycles. The van der Waals surface area contributed by atoms with Gasteiger partial charge in [0.25, 0.3) is 5.91 Å². The minimum absolute atomic E-state index is 0.00659. The Labute approximate surface area is 381 Å². The van der Waals surface area contributed by atoms with Gasteiger partial charge in [0, 0.05) is 37.7 Å². The standard InChI is InChI=1S/C51H53NO14/c1-27-35(64-47(60)40(56)39(52-45(58)31-17-9-7-10-18-31)34-23-15-21-30-16-13-14-22-33(30)34)25-51(61)44(65-46(59)32-19-11-8-12-20-32)42-49(6,36(55)24-37-50(42,26-62-37)66-29(3)54)43(57)41(63-28(2)53)38(27)48(51,4)5/h7-23,35-37,39-42,44,55-56,61H,24-26H2,1-6H3,(H,52,58)/t35-,36-,37+,39-,40+,41+,42-,44-,49+,50-,51+/m0/s1. The molecule has 0 radical (unpaired) electrons. The van der Waals surface area contributed by atoms with Crippen LogP contribution >= 0.6 is 0 Å². The summed E-state index contributed by atoms with van der Waals surface area (Å²) in [6, 6.07) is 27.1. The Hall–Kier alpha value is -6.26. The predicted octanol–water partition coefficient (Wildman–Crippen LogP) is 4.89. The first-order valence-corrected chi connectivity index (χ1v) is 21.9. The Morgan fingerprint density at radius 3 is 2.05 bits per heavy atom. The number of hydrogen-bond acceptors (Lipinski definition) is 14. The van der Waals surface area contributed by atoms with Gasteiger partial charge in [0.2, 0.25) is 0 Å². The number of rotatable bonds is 10. The van der Waals surface area contributed by atoms with Crippen LogP contribution in [0.1, 0.15) is 86.7 Å². The summed E-state index contributed by atoms with van der Waals surface area (Å²) in [6.07, 6.45) is -10.6. The highest BCUT2D eigenvalue weighted by atomic mass is 16.6. The summed E-state index contributed by atoms with van der Waals surface area (Å²) in [5.41, 5.74) is -7.06. The van der Waals surface area contributed by atoms with Crippen LogP contribution < -0.4 is 5.32 Å². The number of benzene rings is 4. The fraction of sp³-hybridized carbons (Fsp3) is 0.412. The molecule has 346 valence electrons. The maximum atomic E-state index is 15.6. The van der Waals surface area contributed by atoms with Crippen molar-refractivity contribution in [1.82, 2.24) is 5.32 Å². The lowest BCUT2D eigenvalue weighted by atomic mass is 9.44. The Kier molecular flexibility index (Phi) is 12.1. The molecule has 0 aromatic heterocycles. The van der Waals surface area contributed by atoms with E-state index in [1.807, 2.05) is 18.2 Å². The number of hydrogen-bond donors (Lipinski definition) is 4. The third-order valence-electron chi connectivity index (χ3n) is 14.5. The molecule has 8 rings (SSSR count). The van der Waals surface area contributed by atoms with Crippen LogP contribution in [0.4, 0.5) is 0 Å². The first-order valence-electron chi connectivity index (χ1n) is 21.9. The fourth-order valence-corrected chi connectivity index (χ4v) is 11.0. The van der Waals surface area contributed by atoms with Gasteiger partial charge >= 0.3 is 23.9 Å². The lowest BCUT2D eigenvalue weighted by Crippen LogP contribution is -2.82. The van der Waals surface area contributed by atoms with Crippen molar-refractivity contribution >= 4 is 46.3 Å². The molecule has 4 aromatic rings. The summed E-state index contributed by atoms with van der Waals surface area (Å²) in [6.45, 7) is 8.00. The average molecular weight is 904 g/mol. The first kappa shape index (κ1) is 46.3. The van der Waals surface area contributed by atoms with Gasteiger partial charge in [-0.2, -0.15) is 0 Å². The Balaban J connectivity index is 1.29. The highest BCUT2D eigenvalue weighted by Gasteiger charge is 2.78. The summed E-state index contributed by atoms with van der Waals surface area (Å²) < 4.78 is 30.5. The Bertz CT molecular complexity index is 2620. The third kappa shape index (κ3) is 7.47. The number of fused-ring (bicyclic) bond motifs is 6. The summed E-state index contributed by atoms with van der Waals surface area (Å²) in [4.78, 5) is 84.5. The van der Waals surface area contributed by atoms with Gasteiger partial charge in [-0.3, -0.25) is 19.2 Å². The van der Waals surface area contributed by atoms with Crippen LogP contribution in [0.2, 0.25) is 0 Å². The molecule has 2 saturated carbocycles. The quantitative estimate of drug-likeness (QED) is 0.0947. The van der Waals surface area contributed by atoms with E-state index in [9.17, 15) is 39.3 Å². The molecule has 4 aliphatic rings. The van der Waals surface area contributed by atoms with Crippen molar-refractivity contribution < 1.29 is 67.8 Å². The fourth-order valence-electron chi connectivity index (χ4n) is 11.0. The van der Waals surface area contributed by atoms with Crippen molar-refractivity contribution in [3.8, 4) is 0 Å². The van der Waals surface area contributed by atoms with Gasteiger partial charge in [0.1, 0.15) is 23.9 Å². The van der Waals surface area contributed by atoms with E-state index >= 15 is 4.79 Å². The SMILES string of the molecule is CC(=O)O[C@H]1C(=O)[C@@]2(C)[C@H]([C@H](OC(=O)c3ccccc3)[C@]3(O)C[C@H](OC(=O)[C@H](O)[C@@H](NC(=O)c4ccccc4)c4cccc5ccccc45)C(C)=C1C3(C)C)[C@]1(OC(C)=O)CO[C@@H]1C[C@@H]2O. The van der Waals surface area contributed by atoms with E-state index in [1.54, 1.807) is 86.6 Å². The third-order valence-corrected chi connectivity index (χ3v) is 14.5. The molecule has 1 aliphatic heterocycles. The molecule has 4 N–H and O–H groups in total. The van der Waals surface area contributed by atoms with Crippen LogP contribution in [0, 0.1) is 16.7 Å². The molecule has 3 fully saturated rings. The normalized spacial score (nSPS) is 30.7. The lowest BCUT2D eigenvalue weighted by molar-refractivity contribution is -0.346. The molecule has 15 heteroatoms. The molecular formula is C51H53NO14. The van der Waals surface area contributed by atoms with Gasteiger partial charge in [-0.15, -0.1) is 0 Å². The second-order valence-corrected chi connectivity index (χ2v) is 18.5. The zero-order valence-electron chi connectivity index (χ0n) is 37.4. The van der Waals surface area contributed by atoms with Crippen LogP contribution in [0.3, 0.4) is 0 Å². The topological polar surface area (TPSA) is 221 Å². The maximum absolute atomic E-state index is 15.6. The van der Waals surface area contributed by atoms with E-state index in [0.29, 0.717) is 10.9 Å². The molecule has 0 spiro atoms. The van der Waals surface area contributed by atoms with Crippen LogP contribution in [-0.2, 0) is 42.9 Å². The summed E-state index contributed by atoms with van der Waals surface area (Å²) in [5, 5.41) is 42.3. The van der Waals surface area contributed by atoms with Crippen molar-refractivity contribution in [1.29, 1.82) is 0 Å². The lowest BCUT2D eigenvalue weighted by Gasteiger charge is -2.67. The number of aliphatic hydroxyl groups is 3. The van der Waals surface area contributed by atoms with Gasteiger partial charge in [-0.25, -0.2) is 9.59 Å². The maximum Gasteiger partial charge on any atom is 0.338 e. The van der Waals surface area contributed by atoms with Crippen molar-refractivity contribution in [3.05, 3.63) is 131 Å². The molecule has 2 bridgehead atoms. The van der Waals surface area contributed by atoms with Gasteiger partial charge in [0.15, 0.2) is 23.6 Å². The number of Topliss-reactive ketones (excluding diaryl/α,β-unsaturated/α-hetero) is 1. The molecule has 0 unspecified atom stereocenters. The molecule has 3 aliphatic carbocycles. The van der Waals surface area contributed by atoms with Crippen molar-refractivity contribution in [2.75, 3.05) is 6.61 Å². The van der Waals surface area contributed by atoms with Crippen LogP contribution in [0.15, 0.2) is 114 Å². The zero-order valence-corrected chi connectivity index (χ0v) is 37.4. The highest BCUT2D eigenvalue weighted by molar-refractivity contribution is 5.97. The monoisotopic (exact) mass is 903 g/mol. The van der Waals surface area contributed by atoms with Gasteiger partial charge in [0.05, 0.1) is 35.6 Å². The number of carbonyl (C=O) groups excluding carboxylic acids is 6. The van der Waals surface area contributed by atoms with Crippen LogP contribution in [0.25, 0.3) is 10.8 Å². The van der Waals surface area contributed by atoms with E-state index in [1.165, 1.54) is 26.0 Å². The van der Waals surface area contributed by atoms with Crippen LogP contribution in [-0.4, -0.2) is 105 Å². The number of carbonyl (C=O) groups is 6. The molecule has 11 atom stereocenters. The van der Waals surface area contributed by atoms with Gasteiger partial charge in [-0.1, -0.05) is 92.7 Å². The van der Waals surface area contributed by atoms with E-state index in [4.69, 9.17) is 23.7 Å². The van der Waals surface area contributed by atoms with E-state index in [0.717, 1.165) is 19.2 Å². The summed E-state index contributed by atoms with van der Waals surface area (Å²) in [5.74, 6) is -6.87. The number of nitrogens with one attached hydrogen (secondary N) is 1. The summed E-state index contributed by atoms with van der Waals surface area (Å²) in [7, 11) is 0. The first-order chi connectivity index (χ1) is 31.3. The van der Waals surface area contributed by atoms with Gasteiger partial charge in [-0.05, 0) is 65.6 Å². The number of ether oxygens (including phenoxy) is 5. The average Bonchev–Trinajstić information content (AvgIpc) is 3.29. The zero-order chi connectivity index (χ0) is 47.5. The second-order valence-electron chi connectivity index (χ2n) is 18.5. The van der Waals surface area contributed by atoms with E-state index in [-0.39, 0.29) is 35.3 Å². The smallest absolute Gasteiger partial charge is 0.338 e. The number of aliphatic hydroxyl groups excluding tert-OH is 2. The van der Waals surface area contributed by atoms with Crippen LogP contribution in [0.5, 0.6) is 0 Å². The molecule has 1 heterocycles. The minimum atomic E-state index is -2.41. The van der Waals surface area contributed by atoms with Gasteiger partial charge < -0.3 is 44.3 Å². The molecule has 1 amide bonds. The minimum Gasteiger partial charge on any atom is -0.456 e. The summed E-state index contributed by atoms with van der Waals surface area (Å²) >= 11 is 0. The Morgan fingerprint density at radius 2 is 1.42 bits per heavy atom. The second kappa shape index (κ2) is 17.2. The molecule has 15 nitrogen and oxygen atoms in total. The van der Waals surface area contributed by atoms with Crippen molar-refractivity contribution in [2.45, 2.75) is 108 Å². The van der Waals surface area contributed by atoms with E-state index in [2.05, 4.69) is 5.32 Å². The molecular weight excluding hydrogens is 851 g/mol. The largest absolute Gasteiger partial charge is 0.456 e. The Morgan fingerprint density at radius 1 is 0.803 bits per heavy atom. The van der Waals surface area contributed by atoms with Crippen molar-refractivity contribution in [2.24, 2.45) is 16.7 Å². The highest BCUT2D eigenvalue weighted by Crippen LogP contribution is 2.64. The number of amides is 1.